The van der Waals surface area contributed by atoms with Crippen LogP contribution in [0.3, 0.4) is 0 Å². The average molecular weight is 184 g/mol. The van der Waals surface area contributed by atoms with E-state index in [0.29, 0.717) is 12.5 Å². The predicted molar refractivity (Wildman–Crippen MR) is 52.3 cm³/mol. The van der Waals surface area contributed by atoms with Gasteiger partial charge in [0.25, 0.3) is 0 Å². The van der Waals surface area contributed by atoms with Crippen LogP contribution >= 0.6 is 0 Å². The van der Waals surface area contributed by atoms with Gasteiger partial charge in [-0.05, 0) is 30.6 Å². The van der Waals surface area contributed by atoms with Crippen LogP contribution in [0.2, 0.25) is 0 Å². The summed E-state index contributed by atoms with van der Waals surface area (Å²) in [6, 6.07) is 0. The summed E-state index contributed by atoms with van der Waals surface area (Å²) < 4.78 is 5.05. The van der Waals surface area contributed by atoms with E-state index in [9.17, 15) is 4.79 Å². The van der Waals surface area contributed by atoms with Crippen molar-refractivity contribution in [2.45, 2.75) is 40.0 Å². The van der Waals surface area contributed by atoms with Crippen LogP contribution in [-0.4, -0.2) is 12.6 Å². The van der Waals surface area contributed by atoms with Crippen molar-refractivity contribution in [1.29, 1.82) is 0 Å². The van der Waals surface area contributed by atoms with Gasteiger partial charge in [-0.1, -0.05) is 20.3 Å². The SMILES string of the molecule is CCC1CCC(COC(C)=O)C1C. The molecule has 3 unspecified atom stereocenters. The molecule has 1 aliphatic rings. The highest BCUT2D eigenvalue weighted by Crippen LogP contribution is 2.38. The van der Waals surface area contributed by atoms with E-state index in [4.69, 9.17) is 4.74 Å². The van der Waals surface area contributed by atoms with Gasteiger partial charge in [-0.3, -0.25) is 4.79 Å². The standard InChI is InChI=1S/C11H20O2/c1-4-10-5-6-11(8(10)2)7-13-9(3)12/h8,10-11H,4-7H2,1-3H3. The van der Waals surface area contributed by atoms with Crippen molar-refractivity contribution in [2.75, 3.05) is 6.61 Å². The Morgan fingerprint density at radius 2 is 2.00 bits per heavy atom. The quantitative estimate of drug-likeness (QED) is 0.630. The largest absolute Gasteiger partial charge is 0.466 e. The van der Waals surface area contributed by atoms with Gasteiger partial charge in [-0.25, -0.2) is 0 Å². The topological polar surface area (TPSA) is 26.3 Å². The van der Waals surface area contributed by atoms with Gasteiger partial charge in [0.1, 0.15) is 0 Å². The van der Waals surface area contributed by atoms with Crippen LogP contribution in [0.1, 0.15) is 40.0 Å². The number of hydrogen-bond donors (Lipinski definition) is 0. The van der Waals surface area contributed by atoms with Gasteiger partial charge in [0.05, 0.1) is 6.61 Å². The number of ether oxygens (including phenoxy) is 1. The molecule has 0 N–H and O–H groups in total. The summed E-state index contributed by atoms with van der Waals surface area (Å²) in [6.45, 7) is 6.65. The molecule has 0 aliphatic heterocycles. The lowest BCUT2D eigenvalue weighted by atomic mass is 9.90. The van der Waals surface area contributed by atoms with E-state index in [0.717, 1.165) is 11.8 Å². The van der Waals surface area contributed by atoms with E-state index in [1.165, 1.54) is 26.2 Å². The molecule has 1 rings (SSSR count). The highest BCUT2D eigenvalue weighted by molar-refractivity contribution is 5.65. The summed E-state index contributed by atoms with van der Waals surface area (Å²) in [5, 5.41) is 0. The minimum atomic E-state index is -0.146. The summed E-state index contributed by atoms with van der Waals surface area (Å²) in [5.41, 5.74) is 0. The van der Waals surface area contributed by atoms with Gasteiger partial charge in [0.2, 0.25) is 0 Å². The van der Waals surface area contributed by atoms with Gasteiger partial charge < -0.3 is 4.74 Å². The molecule has 3 atom stereocenters. The lowest BCUT2D eigenvalue weighted by Crippen LogP contribution is -2.17. The fraction of sp³-hybridized carbons (Fsp3) is 0.909. The molecule has 0 radical (unpaired) electrons. The van der Waals surface area contributed by atoms with Crippen molar-refractivity contribution in [3.63, 3.8) is 0 Å². The van der Waals surface area contributed by atoms with Crippen LogP contribution in [0.15, 0.2) is 0 Å². The molecule has 0 saturated heterocycles. The second-order valence-corrected chi connectivity index (χ2v) is 4.17. The molecule has 1 saturated carbocycles. The van der Waals surface area contributed by atoms with Crippen LogP contribution in [0, 0.1) is 17.8 Å². The van der Waals surface area contributed by atoms with Gasteiger partial charge >= 0.3 is 5.97 Å². The van der Waals surface area contributed by atoms with Crippen LogP contribution in [-0.2, 0) is 9.53 Å². The molecular formula is C11H20O2. The molecule has 0 amide bonds. The predicted octanol–water partition coefficient (Wildman–Crippen LogP) is 2.62. The van der Waals surface area contributed by atoms with Gasteiger partial charge in [0, 0.05) is 6.92 Å². The summed E-state index contributed by atoms with van der Waals surface area (Å²) >= 11 is 0. The third kappa shape index (κ3) is 2.71. The summed E-state index contributed by atoms with van der Waals surface area (Å²) in [7, 11) is 0. The lowest BCUT2D eigenvalue weighted by molar-refractivity contribution is -0.142. The minimum Gasteiger partial charge on any atom is -0.466 e. The molecule has 2 nitrogen and oxygen atoms in total. The zero-order chi connectivity index (χ0) is 9.84. The molecule has 0 aromatic carbocycles. The van der Waals surface area contributed by atoms with E-state index in [1.54, 1.807) is 0 Å². The molecule has 0 heterocycles. The Balaban J connectivity index is 2.32. The Bertz CT molecular complexity index is 177. The van der Waals surface area contributed by atoms with E-state index < -0.39 is 0 Å². The number of esters is 1. The first-order chi connectivity index (χ1) is 6.15. The second kappa shape index (κ2) is 4.64. The summed E-state index contributed by atoms with van der Waals surface area (Å²) in [6.07, 6.45) is 3.80. The Kier molecular flexibility index (Phi) is 3.76. The van der Waals surface area contributed by atoms with E-state index >= 15 is 0 Å². The Morgan fingerprint density at radius 1 is 1.38 bits per heavy atom. The first kappa shape index (κ1) is 10.6. The Morgan fingerprint density at radius 3 is 2.46 bits per heavy atom. The van der Waals surface area contributed by atoms with E-state index in [-0.39, 0.29) is 5.97 Å². The third-order valence-corrected chi connectivity index (χ3v) is 3.42. The zero-order valence-electron chi connectivity index (χ0n) is 8.88. The fourth-order valence-electron chi connectivity index (χ4n) is 2.37. The second-order valence-electron chi connectivity index (χ2n) is 4.17. The number of carbonyl (C=O) groups excluding carboxylic acids is 1. The fourth-order valence-corrected chi connectivity index (χ4v) is 2.37. The zero-order valence-corrected chi connectivity index (χ0v) is 8.88. The maximum Gasteiger partial charge on any atom is 0.302 e. The molecule has 2 heteroatoms. The molecule has 0 aromatic rings. The van der Waals surface area contributed by atoms with Crippen molar-refractivity contribution < 1.29 is 9.53 Å². The number of carbonyl (C=O) groups is 1. The molecular weight excluding hydrogens is 164 g/mol. The molecule has 1 fully saturated rings. The van der Waals surface area contributed by atoms with Crippen LogP contribution in [0.5, 0.6) is 0 Å². The number of hydrogen-bond acceptors (Lipinski definition) is 2. The molecule has 0 aromatic heterocycles. The van der Waals surface area contributed by atoms with Gasteiger partial charge in [0.15, 0.2) is 0 Å². The van der Waals surface area contributed by atoms with Crippen molar-refractivity contribution in [3.05, 3.63) is 0 Å². The van der Waals surface area contributed by atoms with E-state index in [2.05, 4.69) is 13.8 Å². The highest BCUT2D eigenvalue weighted by Gasteiger charge is 2.31. The summed E-state index contributed by atoms with van der Waals surface area (Å²) in [5.74, 6) is 2.03. The monoisotopic (exact) mass is 184 g/mol. The normalized spacial score (nSPS) is 33.3. The van der Waals surface area contributed by atoms with Crippen molar-refractivity contribution in [2.24, 2.45) is 17.8 Å². The summed E-state index contributed by atoms with van der Waals surface area (Å²) in [4.78, 5) is 10.6. The Labute approximate surface area is 80.7 Å². The van der Waals surface area contributed by atoms with Gasteiger partial charge in [-0.2, -0.15) is 0 Å². The first-order valence-electron chi connectivity index (χ1n) is 5.28. The molecule has 0 spiro atoms. The van der Waals surface area contributed by atoms with Gasteiger partial charge in [-0.15, -0.1) is 0 Å². The minimum absolute atomic E-state index is 0.146. The smallest absolute Gasteiger partial charge is 0.302 e. The molecule has 1 aliphatic carbocycles. The van der Waals surface area contributed by atoms with Crippen molar-refractivity contribution in [3.8, 4) is 0 Å². The number of rotatable bonds is 3. The maximum atomic E-state index is 10.6. The Hall–Kier alpha value is -0.530. The third-order valence-electron chi connectivity index (χ3n) is 3.42. The highest BCUT2D eigenvalue weighted by atomic mass is 16.5. The maximum absolute atomic E-state index is 10.6. The van der Waals surface area contributed by atoms with E-state index in [1.807, 2.05) is 0 Å². The average Bonchev–Trinajstić information content (AvgIpc) is 2.43. The van der Waals surface area contributed by atoms with Crippen molar-refractivity contribution in [1.82, 2.24) is 0 Å². The molecule has 13 heavy (non-hydrogen) atoms. The lowest BCUT2D eigenvalue weighted by Gasteiger charge is -2.18. The first-order valence-corrected chi connectivity index (χ1v) is 5.28. The van der Waals surface area contributed by atoms with Crippen LogP contribution in [0.25, 0.3) is 0 Å². The van der Waals surface area contributed by atoms with Crippen LogP contribution < -0.4 is 0 Å². The van der Waals surface area contributed by atoms with Crippen LogP contribution in [0.4, 0.5) is 0 Å². The molecule has 76 valence electrons. The van der Waals surface area contributed by atoms with Crippen molar-refractivity contribution >= 4 is 5.97 Å². The molecule has 0 bridgehead atoms.